The topological polar surface area (TPSA) is 34.2 Å². The summed E-state index contributed by atoms with van der Waals surface area (Å²) in [5.74, 6) is 0.807. The molecule has 1 aliphatic rings. The van der Waals surface area contributed by atoms with Crippen LogP contribution < -0.4 is 5.32 Å². The summed E-state index contributed by atoms with van der Waals surface area (Å²) in [5, 5.41) is 13.9. The number of aromatic nitrogens is 2. The summed E-state index contributed by atoms with van der Waals surface area (Å²) in [6.45, 7) is 0. The molecule has 11 aromatic rings. The Kier molecular flexibility index (Phi) is 6.66. The largest absolute Gasteiger partial charge is 0.344 e. The number of hydrogen-bond acceptors (Lipinski definition) is 2. The highest BCUT2D eigenvalue weighted by molar-refractivity contribution is 6.25. The van der Waals surface area contributed by atoms with E-state index in [-0.39, 0.29) is 6.04 Å². The molecule has 9 aromatic carbocycles. The third-order valence-electron chi connectivity index (χ3n) is 11.8. The maximum atomic E-state index is 5.40. The number of benzene rings is 9. The van der Waals surface area contributed by atoms with Crippen LogP contribution in [0.2, 0.25) is 0 Å². The van der Waals surface area contributed by atoms with Gasteiger partial charge in [0.05, 0.1) is 33.8 Å². The third kappa shape index (κ3) is 4.56. The molecule has 1 atom stereocenters. The molecule has 0 fully saturated rings. The summed E-state index contributed by atoms with van der Waals surface area (Å²) in [6.07, 6.45) is 0. The normalized spacial score (nSPS) is 14.1. The summed E-state index contributed by atoms with van der Waals surface area (Å²) in [7, 11) is 0. The Balaban J connectivity index is 1.10. The van der Waals surface area contributed by atoms with Gasteiger partial charge in [0.15, 0.2) is 0 Å². The molecule has 2 aromatic heterocycles. The molecule has 0 aliphatic carbocycles. The first-order chi connectivity index (χ1) is 27.8. The van der Waals surface area contributed by atoms with Gasteiger partial charge in [-0.2, -0.15) is 0 Å². The Bertz CT molecular complexity index is 3390. The van der Waals surface area contributed by atoms with E-state index in [0.717, 1.165) is 33.9 Å². The summed E-state index contributed by atoms with van der Waals surface area (Å²) in [5.41, 5.74) is 11.4. The van der Waals surface area contributed by atoms with Gasteiger partial charge in [-0.1, -0.05) is 158 Å². The van der Waals surface area contributed by atoms with E-state index >= 15 is 0 Å². The van der Waals surface area contributed by atoms with Crippen LogP contribution in [0.15, 0.2) is 199 Å². The van der Waals surface area contributed by atoms with E-state index in [0.29, 0.717) is 0 Å². The fourth-order valence-corrected chi connectivity index (χ4v) is 9.22. The van der Waals surface area contributed by atoms with Gasteiger partial charge in [-0.05, 0) is 74.6 Å². The molecule has 56 heavy (non-hydrogen) atoms. The standard InChI is InChI=1S/C52H34N4/c1-2-12-33(13-3-1)34-22-24-37(25-23-34)51-41-18-8-10-20-44(41)53-52(54-51)56-47-31-27-36-15-5-7-17-40(36)50(47)43-29-28-38(32-48(43)56)55-45-21-11-9-19-42(45)49-39-16-6-4-14-35(39)26-30-46(49)55/h1-32,51H,(H,53,54). The second-order valence-electron chi connectivity index (χ2n) is 14.8. The summed E-state index contributed by atoms with van der Waals surface area (Å²) >= 11 is 0. The van der Waals surface area contributed by atoms with Gasteiger partial charge in [-0.3, -0.25) is 4.57 Å². The van der Waals surface area contributed by atoms with Crippen LogP contribution in [0.1, 0.15) is 17.2 Å². The van der Waals surface area contributed by atoms with Crippen LogP contribution in [0.5, 0.6) is 0 Å². The number of hydrogen-bond donors (Lipinski definition) is 1. The van der Waals surface area contributed by atoms with Crippen molar-refractivity contribution >= 4 is 76.8 Å². The molecular weight excluding hydrogens is 681 g/mol. The van der Waals surface area contributed by atoms with Gasteiger partial charge in [-0.15, -0.1) is 0 Å². The molecule has 4 heteroatoms. The zero-order valence-electron chi connectivity index (χ0n) is 30.4. The van der Waals surface area contributed by atoms with E-state index in [9.17, 15) is 0 Å². The first kappa shape index (κ1) is 31.0. The first-order valence-electron chi connectivity index (χ1n) is 19.3. The maximum absolute atomic E-state index is 5.40. The van der Waals surface area contributed by atoms with Crippen molar-refractivity contribution in [3.63, 3.8) is 0 Å². The molecule has 1 aliphatic heterocycles. The van der Waals surface area contributed by atoms with Crippen molar-refractivity contribution in [1.29, 1.82) is 0 Å². The molecule has 0 saturated carbocycles. The summed E-state index contributed by atoms with van der Waals surface area (Å²) in [4.78, 5) is 5.40. The number of fused-ring (bicyclic) bond motifs is 11. The Morgan fingerprint density at radius 1 is 0.411 bits per heavy atom. The highest BCUT2D eigenvalue weighted by atomic mass is 15.2. The van der Waals surface area contributed by atoms with Crippen LogP contribution in [0.3, 0.4) is 0 Å². The van der Waals surface area contributed by atoms with Crippen molar-refractivity contribution < 1.29 is 0 Å². The van der Waals surface area contributed by atoms with E-state index in [4.69, 9.17) is 4.99 Å². The van der Waals surface area contributed by atoms with E-state index in [1.54, 1.807) is 0 Å². The summed E-state index contributed by atoms with van der Waals surface area (Å²) in [6, 6.07) is 70.2. The van der Waals surface area contributed by atoms with Gasteiger partial charge in [0.1, 0.15) is 0 Å². The van der Waals surface area contributed by atoms with E-state index in [1.807, 2.05) is 0 Å². The Morgan fingerprint density at radius 2 is 1.00 bits per heavy atom. The fraction of sp³-hybridized carbons (Fsp3) is 0.0192. The molecule has 0 amide bonds. The van der Waals surface area contributed by atoms with Crippen molar-refractivity contribution in [3.05, 3.63) is 205 Å². The number of nitrogens with one attached hydrogen (secondary N) is 1. The minimum Gasteiger partial charge on any atom is -0.344 e. The van der Waals surface area contributed by atoms with Gasteiger partial charge in [0.2, 0.25) is 5.96 Å². The first-order valence-corrected chi connectivity index (χ1v) is 19.3. The van der Waals surface area contributed by atoms with Crippen LogP contribution in [0.4, 0.5) is 5.69 Å². The minimum absolute atomic E-state index is 0.0923. The molecule has 12 rings (SSSR count). The molecular formula is C52H34N4. The molecule has 0 saturated heterocycles. The van der Waals surface area contributed by atoms with Crippen molar-refractivity contribution in [2.45, 2.75) is 6.04 Å². The van der Waals surface area contributed by atoms with Crippen LogP contribution in [-0.2, 0) is 0 Å². The van der Waals surface area contributed by atoms with Crippen LogP contribution in [0.25, 0.3) is 82.0 Å². The molecule has 262 valence electrons. The van der Waals surface area contributed by atoms with Gasteiger partial charge < -0.3 is 9.88 Å². The van der Waals surface area contributed by atoms with Crippen LogP contribution >= 0.6 is 0 Å². The SMILES string of the molecule is c1ccc(-c2ccc(C3NC(n4c5cc(-n6c7ccccc7c7c8ccccc8ccc76)ccc5c5c6ccccc6ccc54)=Nc4ccccc43)cc2)cc1. The lowest BCUT2D eigenvalue weighted by atomic mass is 9.94. The fourth-order valence-electron chi connectivity index (χ4n) is 9.22. The van der Waals surface area contributed by atoms with Gasteiger partial charge in [-0.25, -0.2) is 4.99 Å². The van der Waals surface area contributed by atoms with Gasteiger partial charge >= 0.3 is 0 Å². The van der Waals surface area contributed by atoms with Gasteiger partial charge in [0, 0.05) is 32.8 Å². The molecule has 0 radical (unpaired) electrons. The quantitative estimate of drug-likeness (QED) is 0.194. The number of rotatable bonds is 3. The van der Waals surface area contributed by atoms with E-state index in [2.05, 4.69) is 209 Å². The maximum Gasteiger partial charge on any atom is 0.209 e. The van der Waals surface area contributed by atoms with Crippen molar-refractivity contribution in [2.75, 3.05) is 0 Å². The van der Waals surface area contributed by atoms with E-state index < -0.39 is 0 Å². The zero-order valence-corrected chi connectivity index (χ0v) is 30.4. The number of nitrogens with zero attached hydrogens (tertiary/aromatic N) is 3. The molecule has 1 unspecified atom stereocenters. The second kappa shape index (κ2) is 12.0. The smallest absolute Gasteiger partial charge is 0.209 e. The van der Waals surface area contributed by atoms with Gasteiger partial charge in [0.25, 0.3) is 0 Å². The Labute approximate surface area is 323 Å². The molecule has 0 spiro atoms. The number of para-hydroxylation sites is 2. The third-order valence-corrected chi connectivity index (χ3v) is 11.8. The van der Waals surface area contributed by atoms with Crippen molar-refractivity contribution in [2.24, 2.45) is 4.99 Å². The van der Waals surface area contributed by atoms with E-state index in [1.165, 1.54) is 70.8 Å². The molecule has 1 N–H and O–H groups in total. The highest BCUT2D eigenvalue weighted by Gasteiger charge is 2.27. The molecule has 3 heterocycles. The summed E-state index contributed by atoms with van der Waals surface area (Å²) < 4.78 is 4.78. The lowest BCUT2D eigenvalue weighted by Crippen LogP contribution is -2.36. The second-order valence-corrected chi connectivity index (χ2v) is 14.8. The van der Waals surface area contributed by atoms with Crippen molar-refractivity contribution in [1.82, 2.24) is 14.5 Å². The van der Waals surface area contributed by atoms with Crippen LogP contribution in [-0.4, -0.2) is 15.1 Å². The minimum atomic E-state index is -0.0923. The molecule has 0 bridgehead atoms. The predicted molar refractivity (Wildman–Crippen MR) is 235 cm³/mol. The lowest BCUT2D eigenvalue weighted by molar-refractivity contribution is 0.731. The van der Waals surface area contributed by atoms with Crippen LogP contribution in [0, 0.1) is 0 Å². The molecule has 4 nitrogen and oxygen atoms in total. The van der Waals surface area contributed by atoms with Crippen molar-refractivity contribution in [3.8, 4) is 16.8 Å². The Morgan fingerprint density at radius 3 is 1.75 bits per heavy atom. The Hall–Kier alpha value is -7.43. The lowest BCUT2D eigenvalue weighted by Gasteiger charge is -2.28. The zero-order chi connectivity index (χ0) is 36.7. The average molecular weight is 715 g/mol. The monoisotopic (exact) mass is 714 g/mol. The average Bonchev–Trinajstić information content (AvgIpc) is 3.79. The number of aliphatic imine (C=N–C) groups is 1. The predicted octanol–water partition coefficient (Wildman–Crippen LogP) is 13.1. The highest BCUT2D eigenvalue weighted by Crippen LogP contribution is 2.41.